The highest BCUT2D eigenvalue weighted by molar-refractivity contribution is 7.86. The van der Waals surface area contributed by atoms with Crippen molar-refractivity contribution in [2.75, 3.05) is 19.6 Å². The molecular formula is C15H21FN2O2S. The summed E-state index contributed by atoms with van der Waals surface area (Å²) < 4.78 is 41.6. The largest absolute Gasteiger partial charge is 0.282 e. The Labute approximate surface area is 125 Å². The van der Waals surface area contributed by atoms with Crippen LogP contribution in [-0.4, -0.2) is 36.7 Å². The van der Waals surface area contributed by atoms with Gasteiger partial charge in [-0.1, -0.05) is 12.1 Å². The second-order valence-corrected chi connectivity index (χ2v) is 7.90. The third-order valence-corrected chi connectivity index (χ3v) is 6.10. The Bertz CT molecular complexity index is 578. The highest BCUT2D eigenvalue weighted by Gasteiger charge is 2.35. The van der Waals surface area contributed by atoms with Gasteiger partial charge in [-0.3, -0.25) is 0 Å². The predicted molar refractivity (Wildman–Crippen MR) is 79.3 cm³/mol. The normalized spacial score (nSPS) is 20.3. The summed E-state index contributed by atoms with van der Waals surface area (Å²) in [6.45, 7) is 2.14. The van der Waals surface area contributed by atoms with Crippen LogP contribution >= 0.6 is 0 Å². The first-order valence-corrected chi connectivity index (χ1v) is 8.95. The summed E-state index contributed by atoms with van der Waals surface area (Å²) in [5.74, 6) is 0.192. The van der Waals surface area contributed by atoms with Crippen molar-refractivity contribution in [3.05, 3.63) is 35.6 Å². The standard InChI is InChI=1S/C15H21FN2O2S/c16-15-7-5-14(6-8-15)12-18(11-13-3-4-13)21(19,20)17-9-1-2-10-17/h5-8,13H,1-4,9-12H2. The number of benzene rings is 1. The van der Waals surface area contributed by atoms with Gasteiger partial charge in [0, 0.05) is 26.2 Å². The van der Waals surface area contributed by atoms with E-state index in [0.717, 1.165) is 31.2 Å². The average molecular weight is 312 g/mol. The number of hydrogen-bond donors (Lipinski definition) is 0. The molecule has 0 aromatic heterocycles. The summed E-state index contributed by atoms with van der Waals surface area (Å²) in [6, 6.07) is 6.09. The van der Waals surface area contributed by atoms with Crippen molar-refractivity contribution in [3.63, 3.8) is 0 Å². The van der Waals surface area contributed by atoms with E-state index in [1.54, 1.807) is 20.7 Å². The molecule has 1 aromatic rings. The molecule has 1 aliphatic heterocycles. The fourth-order valence-corrected chi connectivity index (χ4v) is 4.46. The van der Waals surface area contributed by atoms with E-state index in [0.29, 0.717) is 32.1 Å². The minimum absolute atomic E-state index is 0.296. The molecule has 0 unspecified atom stereocenters. The molecule has 3 rings (SSSR count). The van der Waals surface area contributed by atoms with Crippen molar-refractivity contribution in [2.45, 2.75) is 32.2 Å². The molecule has 1 saturated carbocycles. The van der Waals surface area contributed by atoms with Gasteiger partial charge in [0.15, 0.2) is 0 Å². The summed E-state index contributed by atoms with van der Waals surface area (Å²) in [7, 11) is -3.39. The van der Waals surface area contributed by atoms with E-state index >= 15 is 0 Å². The first kappa shape index (κ1) is 14.9. The van der Waals surface area contributed by atoms with Crippen molar-refractivity contribution < 1.29 is 12.8 Å². The van der Waals surface area contributed by atoms with Crippen molar-refractivity contribution >= 4 is 10.2 Å². The Kier molecular flexibility index (Phi) is 4.28. The maximum Gasteiger partial charge on any atom is 0.282 e. The van der Waals surface area contributed by atoms with E-state index < -0.39 is 10.2 Å². The van der Waals surface area contributed by atoms with E-state index in [1.807, 2.05) is 0 Å². The van der Waals surface area contributed by atoms with E-state index in [-0.39, 0.29) is 5.82 Å². The first-order chi connectivity index (χ1) is 10.1. The zero-order valence-corrected chi connectivity index (χ0v) is 12.9. The molecule has 0 atom stereocenters. The van der Waals surface area contributed by atoms with Crippen LogP contribution in [0, 0.1) is 11.7 Å². The number of halogens is 1. The summed E-state index contributed by atoms with van der Waals surface area (Å²) in [4.78, 5) is 0. The number of nitrogens with zero attached hydrogens (tertiary/aromatic N) is 2. The summed E-state index contributed by atoms with van der Waals surface area (Å²) in [6.07, 6.45) is 4.09. The van der Waals surface area contributed by atoms with Gasteiger partial charge in [0.2, 0.25) is 0 Å². The Balaban J connectivity index is 1.77. The summed E-state index contributed by atoms with van der Waals surface area (Å²) >= 11 is 0. The van der Waals surface area contributed by atoms with Crippen molar-refractivity contribution in [1.29, 1.82) is 0 Å². The van der Waals surface area contributed by atoms with Crippen molar-refractivity contribution in [1.82, 2.24) is 8.61 Å². The Morgan fingerprint density at radius 1 is 1.14 bits per heavy atom. The van der Waals surface area contributed by atoms with Crippen LogP contribution in [0.3, 0.4) is 0 Å². The molecule has 2 aliphatic rings. The van der Waals surface area contributed by atoms with Crippen LogP contribution in [0.4, 0.5) is 4.39 Å². The Morgan fingerprint density at radius 3 is 2.33 bits per heavy atom. The highest BCUT2D eigenvalue weighted by Crippen LogP contribution is 2.32. The fraction of sp³-hybridized carbons (Fsp3) is 0.600. The topological polar surface area (TPSA) is 40.6 Å². The van der Waals surface area contributed by atoms with Crippen LogP contribution in [0.1, 0.15) is 31.2 Å². The van der Waals surface area contributed by atoms with E-state index in [1.165, 1.54) is 12.1 Å². The third-order valence-electron chi connectivity index (χ3n) is 4.15. The third kappa shape index (κ3) is 3.62. The quantitative estimate of drug-likeness (QED) is 0.809. The smallest absolute Gasteiger partial charge is 0.207 e. The zero-order chi connectivity index (χ0) is 14.9. The second kappa shape index (κ2) is 6.02. The van der Waals surface area contributed by atoms with Crippen molar-refractivity contribution in [3.8, 4) is 0 Å². The maximum atomic E-state index is 13.0. The molecule has 0 radical (unpaired) electrons. The Hall–Kier alpha value is -0.980. The SMILES string of the molecule is O=S(=O)(N1CCCC1)N(Cc1ccc(F)cc1)CC1CC1. The maximum absolute atomic E-state index is 13.0. The van der Waals surface area contributed by atoms with Gasteiger partial charge in [-0.25, -0.2) is 4.39 Å². The molecule has 0 amide bonds. The summed E-state index contributed by atoms with van der Waals surface area (Å²) in [5.41, 5.74) is 0.833. The second-order valence-electron chi connectivity index (χ2n) is 5.98. The van der Waals surface area contributed by atoms with Gasteiger partial charge in [-0.05, 0) is 49.3 Å². The van der Waals surface area contributed by atoms with Gasteiger partial charge in [-0.15, -0.1) is 0 Å². The molecule has 1 saturated heterocycles. The minimum Gasteiger partial charge on any atom is -0.207 e. The molecule has 0 spiro atoms. The molecule has 4 nitrogen and oxygen atoms in total. The predicted octanol–water partition coefficient (Wildman–Crippen LogP) is 2.38. The lowest BCUT2D eigenvalue weighted by molar-refractivity contribution is 0.345. The molecule has 1 aromatic carbocycles. The molecule has 2 fully saturated rings. The van der Waals surface area contributed by atoms with Crippen LogP contribution < -0.4 is 0 Å². The molecule has 0 bridgehead atoms. The molecule has 0 N–H and O–H groups in total. The van der Waals surface area contributed by atoms with Gasteiger partial charge >= 0.3 is 0 Å². The molecular weight excluding hydrogens is 291 g/mol. The van der Waals surface area contributed by atoms with Gasteiger partial charge in [0.05, 0.1) is 0 Å². The number of hydrogen-bond acceptors (Lipinski definition) is 2. The lowest BCUT2D eigenvalue weighted by Crippen LogP contribution is -2.43. The van der Waals surface area contributed by atoms with Gasteiger partial charge in [-0.2, -0.15) is 17.0 Å². The van der Waals surface area contributed by atoms with Crippen LogP contribution in [-0.2, 0) is 16.8 Å². The minimum atomic E-state index is -3.39. The van der Waals surface area contributed by atoms with Crippen LogP contribution in [0.15, 0.2) is 24.3 Å². The molecule has 1 aliphatic carbocycles. The molecule has 116 valence electrons. The van der Waals surface area contributed by atoms with Gasteiger partial charge in [0.1, 0.15) is 5.82 Å². The Morgan fingerprint density at radius 2 is 1.76 bits per heavy atom. The van der Waals surface area contributed by atoms with Crippen LogP contribution in [0.2, 0.25) is 0 Å². The summed E-state index contributed by atoms with van der Waals surface area (Å²) in [5, 5.41) is 0. The van der Waals surface area contributed by atoms with Crippen LogP contribution in [0.5, 0.6) is 0 Å². The average Bonchev–Trinajstić information content (AvgIpc) is 3.09. The lowest BCUT2D eigenvalue weighted by atomic mass is 10.2. The first-order valence-electron chi connectivity index (χ1n) is 7.55. The van der Waals surface area contributed by atoms with Gasteiger partial charge in [0.25, 0.3) is 10.2 Å². The van der Waals surface area contributed by atoms with E-state index in [9.17, 15) is 12.8 Å². The molecule has 21 heavy (non-hydrogen) atoms. The highest BCUT2D eigenvalue weighted by atomic mass is 32.2. The fourth-order valence-electron chi connectivity index (χ4n) is 2.70. The molecule has 6 heteroatoms. The van der Waals surface area contributed by atoms with Crippen LogP contribution in [0.25, 0.3) is 0 Å². The number of rotatable bonds is 6. The lowest BCUT2D eigenvalue weighted by Gasteiger charge is -2.27. The zero-order valence-electron chi connectivity index (χ0n) is 12.0. The monoisotopic (exact) mass is 312 g/mol. The van der Waals surface area contributed by atoms with Crippen molar-refractivity contribution in [2.24, 2.45) is 5.92 Å². The van der Waals surface area contributed by atoms with Gasteiger partial charge < -0.3 is 0 Å². The molecule has 1 heterocycles. The van der Waals surface area contributed by atoms with E-state index in [4.69, 9.17) is 0 Å². The van der Waals surface area contributed by atoms with E-state index in [2.05, 4.69) is 0 Å².